The van der Waals surface area contributed by atoms with Crippen molar-refractivity contribution >= 4 is 28.3 Å². The molecule has 4 heteroatoms. The summed E-state index contributed by atoms with van der Waals surface area (Å²) in [4.78, 5) is 2.21. The number of halogens is 1. The van der Waals surface area contributed by atoms with E-state index < -0.39 is 0 Å². The van der Waals surface area contributed by atoms with E-state index in [1.807, 2.05) is 19.2 Å². The molecule has 0 amide bonds. The summed E-state index contributed by atoms with van der Waals surface area (Å²) in [6, 6.07) is 7.35. The van der Waals surface area contributed by atoms with Gasteiger partial charge < -0.3 is 15.3 Å². The van der Waals surface area contributed by atoms with Crippen LogP contribution in [-0.2, 0) is 0 Å². The zero-order chi connectivity index (χ0) is 10.4. The number of hydrogen-bond donors (Lipinski definition) is 2. The van der Waals surface area contributed by atoms with Gasteiger partial charge in [-0.1, -0.05) is 28.7 Å². The van der Waals surface area contributed by atoms with Crippen molar-refractivity contribution in [3.8, 4) is 5.75 Å². The number of alkyl halides is 1. The SMILES string of the molecule is CNCCN(CI)c1cccc(O)c1. The number of aromatic hydroxyl groups is 1. The minimum Gasteiger partial charge on any atom is -0.508 e. The van der Waals surface area contributed by atoms with E-state index in [2.05, 4.69) is 32.8 Å². The van der Waals surface area contributed by atoms with Gasteiger partial charge in [-0.25, -0.2) is 0 Å². The van der Waals surface area contributed by atoms with Crippen LogP contribution in [0.3, 0.4) is 0 Å². The first-order chi connectivity index (χ1) is 6.77. The Morgan fingerprint density at radius 1 is 1.50 bits per heavy atom. The van der Waals surface area contributed by atoms with Crippen molar-refractivity contribution in [2.75, 3.05) is 29.6 Å². The van der Waals surface area contributed by atoms with Gasteiger partial charge in [0.25, 0.3) is 0 Å². The molecule has 0 saturated carbocycles. The number of phenols is 1. The molecule has 1 aromatic rings. The molecular weight excluding hydrogens is 291 g/mol. The first-order valence-corrected chi connectivity index (χ1v) is 6.05. The van der Waals surface area contributed by atoms with Crippen molar-refractivity contribution < 1.29 is 5.11 Å². The molecule has 1 aromatic carbocycles. The van der Waals surface area contributed by atoms with Crippen LogP contribution in [0.25, 0.3) is 0 Å². The Kier molecular flexibility index (Phi) is 5.03. The predicted octanol–water partition coefficient (Wildman–Crippen LogP) is 1.81. The Morgan fingerprint density at radius 3 is 2.86 bits per heavy atom. The first kappa shape index (κ1) is 11.6. The van der Waals surface area contributed by atoms with Crippen LogP contribution in [0.2, 0.25) is 0 Å². The van der Waals surface area contributed by atoms with Gasteiger partial charge in [0.2, 0.25) is 0 Å². The number of nitrogens with zero attached hydrogens (tertiary/aromatic N) is 1. The lowest BCUT2D eigenvalue weighted by Gasteiger charge is -2.22. The van der Waals surface area contributed by atoms with E-state index in [0.29, 0.717) is 5.75 Å². The fraction of sp³-hybridized carbons (Fsp3) is 0.400. The smallest absolute Gasteiger partial charge is 0.117 e. The Labute approximate surface area is 98.3 Å². The maximum absolute atomic E-state index is 9.34. The van der Waals surface area contributed by atoms with E-state index >= 15 is 0 Å². The lowest BCUT2D eigenvalue weighted by Crippen LogP contribution is -2.29. The molecule has 0 atom stereocenters. The highest BCUT2D eigenvalue weighted by Gasteiger charge is 2.03. The van der Waals surface area contributed by atoms with Crippen LogP contribution in [0.15, 0.2) is 24.3 Å². The summed E-state index contributed by atoms with van der Waals surface area (Å²) >= 11 is 2.32. The summed E-state index contributed by atoms with van der Waals surface area (Å²) in [6.07, 6.45) is 0. The third-order valence-electron chi connectivity index (χ3n) is 1.97. The Bertz CT molecular complexity index is 281. The third kappa shape index (κ3) is 3.34. The molecule has 0 radical (unpaired) electrons. The molecule has 78 valence electrons. The maximum atomic E-state index is 9.34. The van der Waals surface area contributed by atoms with Crippen molar-refractivity contribution in [1.82, 2.24) is 5.32 Å². The molecule has 1 rings (SSSR count). The minimum atomic E-state index is 0.321. The highest BCUT2D eigenvalue weighted by atomic mass is 127. The molecule has 0 aliphatic heterocycles. The van der Waals surface area contributed by atoms with Crippen LogP contribution >= 0.6 is 22.6 Å². The molecule has 2 N–H and O–H groups in total. The van der Waals surface area contributed by atoms with E-state index in [0.717, 1.165) is 23.3 Å². The fourth-order valence-electron chi connectivity index (χ4n) is 1.19. The predicted molar refractivity (Wildman–Crippen MR) is 68.3 cm³/mol. The molecule has 0 heterocycles. The lowest BCUT2D eigenvalue weighted by molar-refractivity contribution is 0.475. The Hall–Kier alpha value is -0.490. The molecule has 0 aromatic heterocycles. The molecule has 0 aliphatic carbocycles. The van der Waals surface area contributed by atoms with Crippen molar-refractivity contribution in [3.05, 3.63) is 24.3 Å². The number of likely N-dealkylation sites (N-methyl/N-ethyl adjacent to an activating group) is 1. The second-order valence-corrected chi connectivity index (χ2v) is 3.69. The van der Waals surface area contributed by atoms with Crippen molar-refractivity contribution in [1.29, 1.82) is 0 Å². The minimum absolute atomic E-state index is 0.321. The van der Waals surface area contributed by atoms with E-state index in [1.165, 1.54) is 0 Å². The number of anilines is 1. The molecule has 3 nitrogen and oxygen atoms in total. The van der Waals surface area contributed by atoms with E-state index in [4.69, 9.17) is 0 Å². The van der Waals surface area contributed by atoms with Crippen LogP contribution in [0.1, 0.15) is 0 Å². The summed E-state index contributed by atoms with van der Waals surface area (Å²) in [7, 11) is 1.94. The average molecular weight is 306 g/mol. The molecule has 0 aliphatic rings. The van der Waals surface area contributed by atoms with Gasteiger partial charge in [0.15, 0.2) is 0 Å². The number of benzene rings is 1. The first-order valence-electron chi connectivity index (χ1n) is 4.52. The Morgan fingerprint density at radius 2 is 2.29 bits per heavy atom. The summed E-state index contributed by atoms with van der Waals surface area (Å²) in [5, 5.41) is 12.4. The van der Waals surface area contributed by atoms with Crippen LogP contribution in [0.4, 0.5) is 5.69 Å². The van der Waals surface area contributed by atoms with Gasteiger partial charge in [0.1, 0.15) is 5.75 Å². The van der Waals surface area contributed by atoms with Crippen LogP contribution < -0.4 is 10.2 Å². The standard InChI is InChI=1S/C10H15IN2O/c1-12-5-6-13(8-11)9-3-2-4-10(14)7-9/h2-4,7,12,14H,5-6,8H2,1H3. The highest BCUT2D eigenvalue weighted by Crippen LogP contribution is 2.20. The normalized spacial score (nSPS) is 10.1. The summed E-state index contributed by atoms with van der Waals surface area (Å²) in [5.74, 6) is 0.321. The van der Waals surface area contributed by atoms with Crippen molar-refractivity contribution in [3.63, 3.8) is 0 Å². The highest BCUT2D eigenvalue weighted by molar-refractivity contribution is 14.1. The molecule has 0 saturated heterocycles. The lowest BCUT2D eigenvalue weighted by atomic mass is 10.3. The molecule has 0 fully saturated rings. The second-order valence-electron chi connectivity index (χ2n) is 3.01. The molecule has 0 bridgehead atoms. The third-order valence-corrected chi connectivity index (χ3v) is 2.79. The number of rotatable bonds is 5. The summed E-state index contributed by atoms with van der Waals surface area (Å²) in [6.45, 7) is 1.89. The number of phenolic OH excluding ortho intramolecular Hbond substituents is 1. The average Bonchev–Trinajstić information content (AvgIpc) is 2.19. The van der Waals surface area contributed by atoms with Crippen LogP contribution in [0, 0.1) is 0 Å². The van der Waals surface area contributed by atoms with Gasteiger partial charge in [-0.2, -0.15) is 0 Å². The van der Waals surface area contributed by atoms with Gasteiger partial charge in [0, 0.05) is 24.8 Å². The van der Waals surface area contributed by atoms with Gasteiger partial charge in [-0.15, -0.1) is 0 Å². The molecular formula is C10H15IN2O. The van der Waals surface area contributed by atoms with E-state index in [1.54, 1.807) is 12.1 Å². The van der Waals surface area contributed by atoms with Crippen molar-refractivity contribution in [2.45, 2.75) is 0 Å². The van der Waals surface area contributed by atoms with Gasteiger partial charge >= 0.3 is 0 Å². The second kappa shape index (κ2) is 6.08. The number of hydrogen-bond acceptors (Lipinski definition) is 3. The monoisotopic (exact) mass is 306 g/mol. The zero-order valence-electron chi connectivity index (χ0n) is 8.20. The van der Waals surface area contributed by atoms with Gasteiger partial charge in [0.05, 0.1) is 4.55 Å². The summed E-state index contributed by atoms with van der Waals surface area (Å²) < 4.78 is 0.920. The van der Waals surface area contributed by atoms with Crippen LogP contribution in [0.5, 0.6) is 5.75 Å². The van der Waals surface area contributed by atoms with Crippen molar-refractivity contribution in [2.24, 2.45) is 0 Å². The van der Waals surface area contributed by atoms with Gasteiger partial charge in [-0.05, 0) is 19.2 Å². The molecule has 0 spiro atoms. The number of nitrogens with one attached hydrogen (secondary N) is 1. The quantitative estimate of drug-likeness (QED) is 0.495. The van der Waals surface area contributed by atoms with Gasteiger partial charge in [-0.3, -0.25) is 0 Å². The molecule has 14 heavy (non-hydrogen) atoms. The zero-order valence-corrected chi connectivity index (χ0v) is 10.4. The summed E-state index contributed by atoms with van der Waals surface area (Å²) in [5.41, 5.74) is 1.06. The van der Waals surface area contributed by atoms with Crippen LogP contribution in [-0.4, -0.2) is 29.8 Å². The maximum Gasteiger partial charge on any atom is 0.117 e. The van der Waals surface area contributed by atoms with E-state index in [-0.39, 0.29) is 0 Å². The largest absolute Gasteiger partial charge is 0.508 e. The topological polar surface area (TPSA) is 35.5 Å². The molecule has 0 unspecified atom stereocenters. The van der Waals surface area contributed by atoms with E-state index in [9.17, 15) is 5.11 Å². The Balaban J connectivity index is 2.68. The fourth-order valence-corrected chi connectivity index (χ4v) is 1.93.